The van der Waals surface area contributed by atoms with E-state index < -0.39 is 15.7 Å². The average Bonchev–Trinajstić information content (AvgIpc) is 2.29. The van der Waals surface area contributed by atoms with Crippen molar-refractivity contribution in [1.29, 1.82) is 0 Å². The zero-order valence-electron chi connectivity index (χ0n) is 9.75. The Kier molecular flexibility index (Phi) is 5.02. The lowest BCUT2D eigenvalue weighted by Crippen LogP contribution is -2.14. The Morgan fingerprint density at radius 3 is 2.76 bits per heavy atom. The lowest BCUT2D eigenvalue weighted by molar-refractivity contribution is -0.389. The second-order valence-corrected chi connectivity index (χ2v) is 5.49. The van der Waals surface area contributed by atoms with Crippen LogP contribution in [0.3, 0.4) is 0 Å². The molecule has 0 radical (unpaired) electrons. The van der Waals surface area contributed by atoms with Crippen LogP contribution in [0.4, 0.5) is 11.5 Å². The van der Waals surface area contributed by atoms with Crippen molar-refractivity contribution in [3.63, 3.8) is 0 Å². The lowest BCUT2D eigenvalue weighted by atomic mass is 10.3. The molecule has 0 saturated carbocycles. The highest BCUT2D eigenvalue weighted by atomic mass is 32.2. The summed E-state index contributed by atoms with van der Waals surface area (Å²) in [6.07, 6.45) is 3.88. The second kappa shape index (κ2) is 6.29. The van der Waals surface area contributed by atoms with Crippen molar-refractivity contribution in [3.8, 4) is 0 Å². The molecule has 0 aliphatic rings. The van der Waals surface area contributed by atoms with Crippen molar-refractivity contribution in [2.24, 2.45) is 0 Å². The number of rotatable bonds is 6. The zero-order chi connectivity index (χ0) is 12.8. The number of hydrogen-bond donors (Lipinski definition) is 1. The Hall–Kier alpha value is -1.50. The minimum Gasteiger partial charge on any atom is -0.382 e. The molecule has 6 nitrogen and oxygen atoms in total. The Bertz CT molecular complexity index is 408. The van der Waals surface area contributed by atoms with Gasteiger partial charge < -0.3 is 15.4 Å². The van der Waals surface area contributed by atoms with Crippen LogP contribution in [0.5, 0.6) is 0 Å². The van der Waals surface area contributed by atoms with E-state index in [9.17, 15) is 14.3 Å². The minimum absolute atomic E-state index is 0.133. The Labute approximate surface area is 102 Å². The van der Waals surface area contributed by atoms with Crippen LogP contribution in [-0.2, 0) is 10.8 Å². The van der Waals surface area contributed by atoms with Gasteiger partial charge >= 0.3 is 5.82 Å². The summed E-state index contributed by atoms with van der Waals surface area (Å²) in [4.78, 5) is 13.5. The summed E-state index contributed by atoms with van der Waals surface area (Å²) in [6.45, 7) is 2.59. The maximum Gasteiger partial charge on any atom is 0.363 e. The highest BCUT2D eigenvalue weighted by Gasteiger charge is 2.07. The molecule has 0 bridgehead atoms. The summed E-state index contributed by atoms with van der Waals surface area (Å²) in [5.41, 5.74) is 0.727. The van der Waals surface area contributed by atoms with Crippen molar-refractivity contribution in [1.82, 2.24) is 4.98 Å². The number of nitrogens with one attached hydrogen (secondary N) is 1. The van der Waals surface area contributed by atoms with Gasteiger partial charge in [-0.25, -0.2) is 0 Å². The molecular weight excluding hydrogens is 242 g/mol. The summed E-state index contributed by atoms with van der Waals surface area (Å²) >= 11 is 0. The third-order valence-electron chi connectivity index (χ3n) is 2.38. The Morgan fingerprint density at radius 2 is 2.29 bits per heavy atom. The molecule has 1 aromatic heterocycles. The van der Waals surface area contributed by atoms with Gasteiger partial charge in [0.1, 0.15) is 0 Å². The van der Waals surface area contributed by atoms with Crippen LogP contribution < -0.4 is 5.32 Å². The number of pyridine rings is 1. The SMILES string of the molecule is CC(CCNc1ccc([N+](=O)[O-])nc1)S(C)=O. The van der Waals surface area contributed by atoms with Gasteiger partial charge in [0.05, 0.1) is 5.69 Å². The predicted molar refractivity (Wildman–Crippen MR) is 67.5 cm³/mol. The number of anilines is 1. The lowest BCUT2D eigenvalue weighted by Gasteiger charge is -2.09. The van der Waals surface area contributed by atoms with Crippen molar-refractivity contribution in [3.05, 3.63) is 28.4 Å². The Morgan fingerprint density at radius 1 is 1.59 bits per heavy atom. The van der Waals surface area contributed by atoms with E-state index in [1.54, 1.807) is 12.3 Å². The normalized spacial score (nSPS) is 14.0. The maximum absolute atomic E-state index is 11.1. The molecule has 17 heavy (non-hydrogen) atoms. The molecule has 0 aliphatic carbocycles. The van der Waals surface area contributed by atoms with Gasteiger partial charge in [-0.3, -0.25) is 4.21 Å². The predicted octanol–water partition coefficient (Wildman–Crippen LogP) is 1.56. The van der Waals surface area contributed by atoms with Gasteiger partial charge in [0.15, 0.2) is 6.20 Å². The van der Waals surface area contributed by atoms with Crippen LogP contribution in [-0.4, -0.2) is 32.2 Å². The minimum atomic E-state index is -0.823. The first kappa shape index (κ1) is 13.6. The topological polar surface area (TPSA) is 85.1 Å². The highest BCUT2D eigenvalue weighted by Crippen LogP contribution is 2.11. The van der Waals surface area contributed by atoms with Gasteiger partial charge in [0.25, 0.3) is 0 Å². The second-order valence-electron chi connectivity index (χ2n) is 3.69. The van der Waals surface area contributed by atoms with Crippen molar-refractivity contribution in [2.75, 3.05) is 18.1 Å². The van der Waals surface area contributed by atoms with Crippen molar-refractivity contribution in [2.45, 2.75) is 18.6 Å². The molecule has 0 fully saturated rings. The summed E-state index contributed by atoms with van der Waals surface area (Å²) in [6, 6.07) is 2.96. The van der Waals surface area contributed by atoms with E-state index in [2.05, 4.69) is 10.3 Å². The standard InChI is InChI=1S/C10H15N3O3S/c1-8(17(2)16)5-6-11-9-3-4-10(12-7-9)13(14)15/h3-4,7-8,11H,5-6H2,1-2H3. The summed E-state index contributed by atoms with van der Waals surface area (Å²) in [7, 11) is -0.823. The molecule has 1 heterocycles. The first-order valence-electron chi connectivity index (χ1n) is 5.17. The molecule has 0 aromatic carbocycles. The molecule has 0 amide bonds. The molecule has 0 aliphatic heterocycles. The number of nitrogens with zero attached hydrogens (tertiary/aromatic N) is 2. The van der Waals surface area contributed by atoms with E-state index >= 15 is 0 Å². The smallest absolute Gasteiger partial charge is 0.363 e. The molecule has 2 atom stereocenters. The first-order chi connectivity index (χ1) is 8.00. The van der Waals surface area contributed by atoms with Crippen molar-refractivity contribution >= 4 is 22.3 Å². The van der Waals surface area contributed by atoms with Crippen LogP contribution in [0.2, 0.25) is 0 Å². The molecule has 1 aromatic rings. The summed E-state index contributed by atoms with van der Waals surface area (Å²) in [5, 5.41) is 13.6. The number of hydrogen-bond acceptors (Lipinski definition) is 5. The fraction of sp³-hybridized carbons (Fsp3) is 0.500. The van der Waals surface area contributed by atoms with Crippen molar-refractivity contribution < 1.29 is 9.13 Å². The van der Waals surface area contributed by atoms with Crippen LogP contribution in [0.1, 0.15) is 13.3 Å². The fourth-order valence-corrected chi connectivity index (χ4v) is 1.63. The van der Waals surface area contributed by atoms with E-state index in [0.29, 0.717) is 6.54 Å². The molecule has 1 rings (SSSR count). The molecule has 7 heteroatoms. The van der Waals surface area contributed by atoms with Gasteiger partial charge in [-0.05, 0) is 22.4 Å². The van der Waals surface area contributed by atoms with E-state index in [1.165, 1.54) is 12.3 Å². The molecule has 2 unspecified atom stereocenters. The third kappa shape index (κ3) is 4.48. The zero-order valence-corrected chi connectivity index (χ0v) is 10.6. The average molecular weight is 257 g/mol. The molecule has 0 spiro atoms. The largest absolute Gasteiger partial charge is 0.382 e. The van der Waals surface area contributed by atoms with Gasteiger partial charge in [-0.2, -0.15) is 0 Å². The van der Waals surface area contributed by atoms with Gasteiger partial charge in [0.2, 0.25) is 0 Å². The van der Waals surface area contributed by atoms with Gasteiger partial charge in [-0.15, -0.1) is 0 Å². The fourth-order valence-electron chi connectivity index (χ4n) is 1.18. The van der Waals surface area contributed by atoms with E-state index in [1.807, 2.05) is 6.92 Å². The van der Waals surface area contributed by atoms with Crippen LogP contribution in [0, 0.1) is 10.1 Å². The quantitative estimate of drug-likeness (QED) is 0.617. The molecule has 0 saturated heterocycles. The molecule has 94 valence electrons. The van der Waals surface area contributed by atoms with Crippen LogP contribution >= 0.6 is 0 Å². The van der Waals surface area contributed by atoms with Crippen LogP contribution in [0.25, 0.3) is 0 Å². The van der Waals surface area contributed by atoms with E-state index in [0.717, 1.165) is 12.1 Å². The number of aromatic nitrogens is 1. The monoisotopic (exact) mass is 257 g/mol. The molecule has 1 N–H and O–H groups in total. The highest BCUT2D eigenvalue weighted by molar-refractivity contribution is 7.84. The maximum atomic E-state index is 11.1. The Balaban J connectivity index is 2.42. The van der Waals surface area contributed by atoms with E-state index in [4.69, 9.17) is 0 Å². The summed E-state index contributed by atoms with van der Waals surface area (Å²) < 4.78 is 11.1. The van der Waals surface area contributed by atoms with E-state index in [-0.39, 0.29) is 11.1 Å². The van der Waals surface area contributed by atoms with Gasteiger partial charge in [0, 0.05) is 34.9 Å². The van der Waals surface area contributed by atoms with Gasteiger partial charge in [-0.1, -0.05) is 6.92 Å². The van der Waals surface area contributed by atoms with Crippen LogP contribution in [0.15, 0.2) is 18.3 Å². The molecular formula is C10H15N3O3S. The number of nitro groups is 1. The third-order valence-corrected chi connectivity index (χ3v) is 3.75. The summed E-state index contributed by atoms with van der Waals surface area (Å²) in [5.74, 6) is -0.168. The first-order valence-corrected chi connectivity index (χ1v) is 6.79.